The topological polar surface area (TPSA) is 90.9 Å². The van der Waals surface area contributed by atoms with E-state index in [4.69, 9.17) is 11.6 Å². The highest BCUT2D eigenvalue weighted by Crippen LogP contribution is 2.27. The Morgan fingerprint density at radius 1 is 1.19 bits per heavy atom. The quantitative estimate of drug-likeness (QED) is 0.498. The van der Waals surface area contributed by atoms with Gasteiger partial charge in [0.1, 0.15) is 12.0 Å². The van der Waals surface area contributed by atoms with E-state index in [0.717, 1.165) is 28.9 Å². The van der Waals surface area contributed by atoms with E-state index in [-0.39, 0.29) is 12.5 Å². The van der Waals surface area contributed by atoms with Crippen molar-refractivity contribution in [2.75, 3.05) is 6.61 Å². The van der Waals surface area contributed by atoms with Gasteiger partial charge < -0.3 is 15.4 Å². The number of aliphatic hydroxyl groups is 1. The van der Waals surface area contributed by atoms with Gasteiger partial charge in [-0.05, 0) is 42.2 Å². The zero-order chi connectivity index (χ0) is 21.6. The van der Waals surface area contributed by atoms with E-state index in [0.29, 0.717) is 16.6 Å². The molecule has 1 aliphatic carbocycles. The van der Waals surface area contributed by atoms with Gasteiger partial charge >= 0.3 is 0 Å². The minimum Gasteiger partial charge on any atom is -0.394 e. The standard InChI is InChI=1S/C24H27ClN4O2/c25-19-8-4-7-17(10-19)23(14-30)29-24(31)22-11-18(13-26-22)21-12-20(27-15-28-21)9-16-5-2-1-3-6-16/h4,7-8,10-13,15-16,23,26,30H,1-3,5-6,9,14H2,(H,29,31). The first-order chi connectivity index (χ1) is 15.1. The summed E-state index contributed by atoms with van der Waals surface area (Å²) < 4.78 is 0. The molecule has 0 aliphatic heterocycles. The summed E-state index contributed by atoms with van der Waals surface area (Å²) in [6.07, 6.45) is 10.8. The van der Waals surface area contributed by atoms with Crippen molar-refractivity contribution in [2.45, 2.75) is 44.6 Å². The lowest BCUT2D eigenvalue weighted by Gasteiger charge is -2.21. The summed E-state index contributed by atoms with van der Waals surface area (Å²) in [5, 5.41) is 13.1. The van der Waals surface area contributed by atoms with Gasteiger partial charge in [0.15, 0.2) is 0 Å². The summed E-state index contributed by atoms with van der Waals surface area (Å²) in [7, 11) is 0. The van der Waals surface area contributed by atoms with E-state index in [2.05, 4.69) is 20.3 Å². The van der Waals surface area contributed by atoms with E-state index < -0.39 is 6.04 Å². The second-order valence-electron chi connectivity index (χ2n) is 8.17. The zero-order valence-electron chi connectivity index (χ0n) is 17.4. The SMILES string of the molecule is O=C(NC(CO)c1cccc(Cl)c1)c1cc(-c2cc(CC3CCCCC3)ncn2)c[nH]1. The first-order valence-corrected chi connectivity index (χ1v) is 11.2. The summed E-state index contributed by atoms with van der Waals surface area (Å²) in [5.74, 6) is 0.396. The molecule has 1 aromatic carbocycles. The molecule has 1 unspecified atom stereocenters. The number of nitrogens with one attached hydrogen (secondary N) is 2. The lowest BCUT2D eigenvalue weighted by atomic mass is 9.86. The van der Waals surface area contributed by atoms with Gasteiger partial charge in [-0.2, -0.15) is 0 Å². The van der Waals surface area contributed by atoms with Gasteiger partial charge in [0.25, 0.3) is 5.91 Å². The minimum atomic E-state index is -0.543. The van der Waals surface area contributed by atoms with E-state index in [1.165, 1.54) is 32.1 Å². The fraction of sp³-hybridized carbons (Fsp3) is 0.375. The number of H-pyrrole nitrogens is 1. The average molecular weight is 439 g/mol. The van der Waals surface area contributed by atoms with Crippen LogP contribution in [0.3, 0.4) is 0 Å². The van der Waals surface area contributed by atoms with Crippen LogP contribution in [0.2, 0.25) is 5.02 Å². The number of amides is 1. The highest BCUT2D eigenvalue weighted by molar-refractivity contribution is 6.30. The van der Waals surface area contributed by atoms with E-state index >= 15 is 0 Å². The number of halogens is 1. The molecule has 162 valence electrons. The predicted molar refractivity (Wildman–Crippen MR) is 121 cm³/mol. The fourth-order valence-corrected chi connectivity index (χ4v) is 4.42. The van der Waals surface area contributed by atoms with Crippen LogP contribution >= 0.6 is 11.6 Å². The van der Waals surface area contributed by atoms with Gasteiger partial charge in [-0.15, -0.1) is 0 Å². The Bertz CT molecular complexity index is 1030. The number of hydrogen-bond donors (Lipinski definition) is 3. The number of benzene rings is 1. The second kappa shape index (κ2) is 10.1. The van der Waals surface area contributed by atoms with Crippen LogP contribution in [0, 0.1) is 5.92 Å². The summed E-state index contributed by atoms with van der Waals surface area (Å²) in [5.41, 5.74) is 3.83. The number of aromatic amines is 1. The van der Waals surface area contributed by atoms with Crippen LogP contribution in [0.5, 0.6) is 0 Å². The number of carbonyl (C=O) groups excluding carboxylic acids is 1. The fourth-order valence-electron chi connectivity index (χ4n) is 4.22. The van der Waals surface area contributed by atoms with Crippen LogP contribution in [-0.2, 0) is 6.42 Å². The Hall–Kier alpha value is -2.70. The van der Waals surface area contributed by atoms with Crippen LogP contribution in [0.25, 0.3) is 11.3 Å². The molecule has 1 amide bonds. The van der Waals surface area contributed by atoms with Crippen LogP contribution in [0.15, 0.2) is 48.9 Å². The smallest absolute Gasteiger partial charge is 0.268 e. The highest BCUT2D eigenvalue weighted by Gasteiger charge is 2.18. The maximum absolute atomic E-state index is 12.7. The Morgan fingerprint density at radius 3 is 2.81 bits per heavy atom. The highest BCUT2D eigenvalue weighted by atomic mass is 35.5. The third-order valence-electron chi connectivity index (χ3n) is 5.91. The summed E-state index contributed by atoms with van der Waals surface area (Å²) in [4.78, 5) is 24.6. The lowest BCUT2D eigenvalue weighted by molar-refractivity contribution is 0.0912. The van der Waals surface area contributed by atoms with Crippen LogP contribution in [0.1, 0.15) is 59.9 Å². The number of aromatic nitrogens is 3. The van der Waals surface area contributed by atoms with Gasteiger partial charge in [0, 0.05) is 22.5 Å². The monoisotopic (exact) mass is 438 g/mol. The van der Waals surface area contributed by atoms with Gasteiger partial charge in [0.2, 0.25) is 0 Å². The summed E-state index contributed by atoms with van der Waals surface area (Å²) in [6, 6.07) is 10.3. The van der Waals surface area contributed by atoms with Crippen molar-refractivity contribution in [1.82, 2.24) is 20.3 Å². The third kappa shape index (κ3) is 5.51. The summed E-state index contributed by atoms with van der Waals surface area (Å²) in [6.45, 7) is -0.226. The van der Waals surface area contributed by atoms with Crippen LogP contribution in [0.4, 0.5) is 0 Å². The molecule has 0 radical (unpaired) electrons. The Balaban J connectivity index is 1.45. The first-order valence-electron chi connectivity index (χ1n) is 10.8. The molecule has 1 fully saturated rings. The van der Waals surface area contributed by atoms with Gasteiger partial charge in [-0.1, -0.05) is 55.8 Å². The molecule has 2 heterocycles. The van der Waals surface area contributed by atoms with Crippen molar-refractivity contribution in [1.29, 1.82) is 0 Å². The first kappa shape index (κ1) is 21.5. The van der Waals surface area contributed by atoms with Crippen molar-refractivity contribution < 1.29 is 9.90 Å². The molecule has 0 bridgehead atoms. The van der Waals surface area contributed by atoms with Crippen molar-refractivity contribution >= 4 is 17.5 Å². The van der Waals surface area contributed by atoms with Gasteiger partial charge in [-0.25, -0.2) is 9.97 Å². The minimum absolute atomic E-state index is 0.226. The Morgan fingerprint density at radius 2 is 2.03 bits per heavy atom. The number of rotatable bonds is 7. The van der Waals surface area contributed by atoms with Crippen molar-refractivity contribution in [2.24, 2.45) is 5.92 Å². The molecule has 1 saturated carbocycles. The van der Waals surface area contributed by atoms with Gasteiger partial charge in [0.05, 0.1) is 18.3 Å². The zero-order valence-corrected chi connectivity index (χ0v) is 18.1. The van der Waals surface area contributed by atoms with Crippen molar-refractivity contribution in [3.63, 3.8) is 0 Å². The molecule has 2 aromatic heterocycles. The molecule has 0 saturated heterocycles. The normalized spacial score (nSPS) is 15.5. The molecule has 6 nitrogen and oxygen atoms in total. The van der Waals surface area contributed by atoms with Crippen LogP contribution in [-0.4, -0.2) is 32.6 Å². The lowest BCUT2D eigenvalue weighted by Crippen LogP contribution is -2.31. The van der Waals surface area contributed by atoms with Crippen molar-refractivity contribution in [3.05, 3.63) is 70.9 Å². The molecule has 31 heavy (non-hydrogen) atoms. The van der Waals surface area contributed by atoms with E-state index in [1.54, 1.807) is 36.8 Å². The molecule has 7 heteroatoms. The Labute approximate surface area is 187 Å². The average Bonchev–Trinajstić information content (AvgIpc) is 3.29. The maximum Gasteiger partial charge on any atom is 0.268 e. The maximum atomic E-state index is 12.7. The Kier molecular flexibility index (Phi) is 6.99. The number of carbonyl (C=O) groups is 1. The molecule has 4 rings (SSSR count). The molecule has 3 N–H and O–H groups in total. The number of aliphatic hydroxyl groups excluding tert-OH is 1. The third-order valence-corrected chi connectivity index (χ3v) is 6.14. The molecule has 1 aliphatic rings. The van der Waals surface area contributed by atoms with Gasteiger partial charge in [-0.3, -0.25) is 4.79 Å². The number of hydrogen-bond acceptors (Lipinski definition) is 4. The second-order valence-corrected chi connectivity index (χ2v) is 8.60. The van der Waals surface area contributed by atoms with E-state index in [1.807, 2.05) is 12.1 Å². The largest absolute Gasteiger partial charge is 0.394 e. The van der Waals surface area contributed by atoms with Crippen LogP contribution < -0.4 is 5.32 Å². The van der Waals surface area contributed by atoms with E-state index in [9.17, 15) is 9.90 Å². The molecule has 3 aromatic rings. The molecule has 0 spiro atoms. The molecular weight excluding hydrogens is 412 g/mol. The van der Waals surface area contributed by atoms with Crippen molar-refractivity contribution in [3.8, 4) is 11.3 Å². The molecule has 1 atom stereocenters. The predicted octanol–water partition coefficient (Wildman–Crippen LogP) is 4.71. The molecular formula is C24H27ClN4O2. The number of nitrogens with zero attached hydrogens (tertiary/aromatic N) is 2. The summed E-state index contributed by atoms with van der Waals surface area (Å²) >= 11 is 6.03.